The number of ether oxygens (including phenoxy) is 4. The number of nitrogens with two attached hydrogens (primary N) is 1. The number of alkyl halides is 4. The number of ketones is 2. The van der Waals surface area contributed by atoms with Gasteiger partial charge in [-0.1, -0.05) is 78.3 Å². The Morgan fingerprint density at radius 1 is 0.658 bits per heavy atom. The lowest BCUT2D eigenvalue weighted by Gasteiger charge is -2.23. The predicted molar refractivity (Wildman–Crippen MR) is 270 cm³/mol. The van der Waals surface area contributed by atoms with Gasteiger partial charge in [-0.3, -0.25) is 9.59 Å². The molecule has 2 aromatic heterocycles. The van der Waals surface area contributed by atoms with Crippen molar-refractivity contribution in [3.63, 3.8) is 0 Å². The van der Waals surface area contributed by atoms with Crippen LogP contribution in [0.25, 0.3) is 32.2 Å². The maximum absolute atomic E-state index is 13.4. The first-order valence-corrected chi connectivity index (χ1v) is 24.0. The number of aromatic nitrogens is 2. The zero-order chi connectivity index (χ0) is 51.8. The average molecular weight is 1010 g/mol. The first-order chi connectivity index (χ1) is 33.8. The van der Waals surface area contributed by atoms with Crippen molar-refractivity contribution < 1.29 is 57.7 Å². The molecule has 4 N–H and O–H groups in total. The van der Waals surface area contributed by atoms with E-state index >= 15 is 0 Å². The number of aliphatic hydroxyl groups excluding tert-OH is 2. The molecule has 0 radical (unpaired) electrons. The Balaban J connectivity index is 0.000000211. The van der Waals surface area contributed by atoms with Crippen molar-refractivity contribution in [2.45, 2.75) is 147 Å². The maximum atomic E-state index is 13.4. The zero-order valence-electron chi connectivity index (χ0n) is 41.0. The molecular formula is C55H64F4N6O8. The molecule has 18 heteroatoms. The van der Waals surface area contributed by atoms with E-state index in [1.165, 1.54) is 24.3 Å². The highest BCUT2D eigenvalue weighted by Gasteiger charge is 2.53. The number of aliphatic hydroxyl groups is 2. The molecule has 73 heavy (non-hydrogen) atoms. The molecule has 0 saturated heterocycles. The third-order valence-electron chi connectivity index (χ3n) is 14.1. The molecular weight excluding hydrogens is 949 g/mol. The fourth-order valence-electron chi connectivity index (χ4n) is 10.1. The van der Waals surface area contributed by atoms with Crippen molar-refractivity contribution in [2.24, 2.45) is 10.8 Å². The molecule has 0 unspecified atom stereocenters. The number of rotatable bonds is 15. The lowest BCUT2D eigenvalue weighted by atomic mass is 9.87. The second kappa shape index (κ2) is 19.0. The number of hydrogen-bond donors (Lipinski definition) is 3. The van der Waals surface area contributed by atoms with Gasteiger partial charge in [-0.05, 0) is 114 Å². The van der Waals surface area contributed by atoms with E-state index in [1.54, 1.807) is 12.1 Å². The van der Waals surface area contributed by atoms with Gasteiger partial charge in [-0.2, -0.15) is 0 Å². The van der Waals surface area contributed by atoms with Crippen LogP contribution in [0.4, 0.5) is 17.6 Å². The summed E-state index contributed by atoms with van der Waals surface area (Å²) in [5.74, 6) is -0.0721. The SMILES string of the molecule is C.CC(C)(C)c1cc2cc(CC(=O)C3(c4ccc5c(c4)OC(F)(F)O5)CC3)ccc2n1C[C@@H](O)CN.CC(C)(C)c1cc2cc(CC(=O)C3(c4ccc5c(c4)OC(F)(F)O5)CC3)ccc2n1C[C@@H](O)CN=[N+]=[N-].[HH]. The van der Waals surface area contributed by atoms with Gasteiger partial charge in [-0.15, -0.1) is 17.6 Å². The normalized spacial score (nSPS) is 18.0. The van der Waals surface area contributed by atoms with Crippen LogP contribution in [-0.2, 0) is 57.2 Å². The number of fused-ring (bicyclic) bond motifs is 4. The van der Waals surface area contributed by atoms with Crippen molar-refractivity contribution in [2.75, 3.05) is 13.1 Å². The highest BCUT2D eigenvalue weighted by molar-refractivity contribution is 5.96. The van der Waals surface area contributed by atoms with Gasteiger partial charge >= 0.3 is 12.6 Å². The Bertz CT molecular complexity index is 3160. The highest BCUT2D eigenvalue weighted by Crippen LogP contribution is 2.54. The van der Waals surface area contributed by atoms with E-state index in [9.17, 15) is 37.4 Å². The van der Waals surface area contributed by atoms with Crippen molar-refractivity contribution in [1.82, 2.24) is 9.13 Å². The van der Waals surface area contributed by atoms with E-state index in [0.717, 1.165) is 44.3 Å². The number of carbonyl (C=O) groups excluding carboxylic acids is 2. The summed E-state index contributed by atoms with van der Waals surface area (Å²) < 4.78 is 76.0. The van der Waals surface area contributed by atoms with Crippen molar-refractivity contribution in [3.8, 4) is 23.0 Å². The van der Waals surface area contributed by atoms with Crippen LogP contribution in [0.5, 0.6) is 23.0 Å². The molecule has 0 amide bonds. The van der Waals surface area contributed by atoms with Crippen molar-refractivity contribution >= 4 is 33.4 Å². The molecule has 6 aromatic rings. The average Bonchev–Trinajstić information content (AvgIpc) is 4.16. The quantitative estimate of drug-likeness (QED) is 0.0388. The second-order valence-corrected chi connectivity index (χ2v) is 21.5. The van der Waals surface area contributed by atoms with Crippen LogP contribution in [0.2, 0.25) is 0 Å². The standard InChI is InChI=1S/C27H28F2N4O4.C27H30F2N2O4.CH4.H2/c1-25(2,3)23-12-17-10-16(4-6-20(17)33(23)15-19(34)14-31-32-30)11-24(35)26(8-9-26)18-5-7-21-22(13-18)37-27(28,29)36-21;1-25(2,3)23-12-17-10-16(4-6-20(17)31(23)15-19(32)14-30)11-24(33)26(8-9-26)18-5-7-21-22(13-18)35-27(28,29)34-21;;/h4-7,10,12-13,19,34H,8-9,11,14-15H2,1-3H3;4-7,10,12-13,19,32H,8-9,11,14-15,30H2,1-3H3;1H4;1H/t2*19-;;/m00../s1. The highest BCUT2D eigenvalue weighted by atomic mass is 19.3. The smallest absolute Gasteiger partial charge is 0.395 e. The fourth-order valence-corrected chi connectivity index (χ4v) is 10.1. The first kappa shape index (κ1) is 52.7. The summed E-state index contributed by atoms with van der Waals surface area (Å²) in [6.07, 6.45) is -5.77. The van der Waals surface area contributed by atoms with Crippen LogP contribution in [0, 0.1) is 0 Å². The number of Topliss-reactive ketones (excluding diaryl/α,β-unsaturated/α-hetero) is 2. The monoisotopic (exact) mass is 1010 g/mol. The van der Waals surface area contributed by atoms with E-state index in [-0.39, 0.29) is 86.7 Å². The fraction of sp³-hybridized carbons (Fsp3) is 0.455. The third kappa shape index (κ3) is 10.6. The summed E-state index contributed by atoms with van der Waals surface area (Å²) in [7, 11) is 0. The summed E-state index contributed by atoms with van der Waals surface area (Å²) in [5, 5.41) is 26.0. The van der Waals surface area contributed by atoms with Gasteiger partial charge in [-0.25, -0.2) is 0 Å². The van der Waals surface area contributed by atoms with Crippen LogP contribution in [0.3, 0.4) is 0 Å². The molecule has 2 aliphatic heterocycles. The van der Waals surface area contributed by atoms with Gasteiger partial charge in [0.2, 0.25) is 0 Å². The van der Waals surface area contributed by atoms with Gasteiger partial charge in [0.25, 0.3) is 0 Å². The van der Waals surface area contributed by atoms with Crippen molar-refractivity contribution in [1.29, 1.82) is 0 Å². The minimum absolute atomic E-state index is 0. The Morgan fingerprint density at radius 3 is 1.42 bits per heavy atom. The number of halogens is 4. The van der Waals surface area contributed by atoms with Crippen LogP contribution >= 0.6 is 0 Å². The van der Waals surface area contributed by atoms with E-state index in [4.69, 9.17) is 11.3 Å². The van der Waals surface area contributed by atoms with E-state index in [2.05, 4.69) is 87.2 Å². The molecule has 2 atom stereocenters. The number of hydrogen-bond acceptors (Lipinski definition) is 10. The minimum atomic E-state index is -3.70. The first-order valence-electron chi connectivity index (χ1n) is 24.0. The Labute approximate surface area is 422 Å². The number of azide groups is 1. The Morgan fingerprint density at radius 2 is 1.05 bits per heavy atom. The van der Waals surface area contributed by atoms with Crippen molar-refractivity contribution in [3.05, 3.63) is 129 Å². The molecule has 0 bridgehead atoms. The molecule has 2 saturated carbocycles. The molecule has 4 aliphatic rings. The van der Waals surface area contributed by atoms with Gasteiger partial charge in [0.15, 0.2) is 23.0 Å². The topological polar surface area (TPSA) is 196 Å². The number of benzene rings is 4. The lowest BCUT2D eigenvalue weighted by Crippen LogP contribution is -2.28. The van der Waals surface area contributed by atoms with Crippen LogP contribution in [-0.4, -0.2) is 68.8 Å². The Hall–Kier alpha value is -6.59. The molecule has 10 rings (SSSR count). The summed E-state index contributed by atoms with van der Waals surface area (Å²) in [6, 6.07) is 25.1. The summed E-state index contributed by atoms with van der Waals surface area (Å²) in [5.41, 5.74) is 19.6. The van der Waals surface area contributed by atoms with Gasteiger partial charge in [0.1, 0.15) is 11.6 Å². The number of nitrogens with zero attached hydrogens (tertiary/aromatic N) is 5. The van der Waals surface area contributed by atoms with Gasteiger partial charge in [0.05, 0.1) is 36.1 Å². The van der Waals surface area contributed by atoms with Gasteiger partial charge < -0.3 is 44.0 Å². The maximum Gasteiger partial charge on any atom is 0.586 e. The molecule has 4 heterocycles. The second-order valence-electron chi connectivity index (χ2n) is 21.5. The lowest BCUT2D eigenvalue weighted by molar-refractivity contribution is -0.287. The zero-order valence-corrected chi connectivity index (χ0v) is 41.0. The third-order valence-corrected chi connectivity index (χ3v) is 14.1. The molecule has 2 fully saturated rings. The molecule has 14 nitrogen and oxygen atoms in total. The summed E-state index contributed by atoms with van der Waals surface area (Å²) in [6.45, 7) is 13.4. The predicted octanol–water partition coefficient (Wildman–Crippen LogP) is 11.1. The van der Waals surface area contributed by atoms with Crippen LogP contribution in [0.15, 0.2) is 90.0 Å². The largest absolute Gasteiger partial charge is 0.586 e. The summed E-state index contributed by atoms with van der Waals surface area (Å²) in [4.78, 5) is 29.6. The van der Waals surface area contributed by atoms with Gasteiger partial charge in [0, 0.05) is 76.3 Å². The summed E-state index contributed by atoms with van der Waals surface area (Å²) >= 11 is 0. The van der Waals surface area contributed by atoms with E-state index < -0.39 is 35.6 Å². The Kier molecular flexibility index (Phi) is 13.7. The van der Waals surface area contributed by atoms with Crippen LogP contribution < -0.4 is 24.7 Å². The molecule has 2 aliphatic carbocycles. The number of carbonyl (C=O) groups is 2. The molecule has 0 spiro atoms. The van der Waals surface area contributed by atoms with E-state index in [1.807, 2.05) is 41.0 Å². The molecule has 390 valence electrons. The minimum Gasteiger partial charge on any atom is -0.395 e. The van der Waals surface area contributed by atoms with Crippen LogP contribution in [0.1, 0.15) is 110 Å². The van der Waals surface area contributed by atoms with E-state index in [0.29, 0.717) is 43.4 Å². The molecule has 4 aromatic carbocycles.